The van der Waals surface area contributed by atoms with Crippen LogP contribution in [0.25, 0.3) is 11.1 Å². The molecule has 0 bridgehead atoms. The molecular formula is C24H30. The molecule has 0 aromatic heterocycles. The van der Waals surface area contributed by atoms with Gasteiger partial charge in [-0.15, -0.1) is 0 Å². The molecular weight excluding hydrogens is 288 g/mol. The van der Waals surface area contributed by atoms with Crippen molar-refractivity contribution in [2.24, 2.45) is 0 Å². The van der Waals surface area contributed by atoms with Crippen LogP contribution in [-0.4, -0.2) is 0 Å². The largest absolute Gasteiger partial charge is 0.0581 e. The Kier molecular flexibility index (Phi) is 5.02. The van der Waals surface area contributed by atoms with E-state index in [0.717, 1.165) is 11.8 Å². The number of hydrogen-bond acceptors (Lipinski definition) is 0. The van der Waals surface area contributed by atoms with Gasteiger partial charge in [-0.25, -0.2) is 0 Å². The van der Waals surface area contributed by atoms with E-state index in [1.54, 1.807) is 11.1 Å². The van der Waals surface area contributed by atoms with E-state index >= 15 is 0 Å². The van der Waals surface area contributed by atoms with Crippen LogP contribution in [0.5, 0.6) is 0 Å². The van der Waals surface area contributed by atoms with Gasteiger partial charge >= 0.3 is 0 Å². The van der Waals surface area contributed by atoms with E-state index in [-0.39, 0.29) is 0 Å². The van der Waals surface area contributed by atoms with Crippen LogP contribution < -0.4 is 0 Å². The van der Waals surface area contributed by atoms with Crippen LogP contribution in [0.3, 0.4) is 0 Å². The van der Waals surface area contributed by atoms with Gasteiger partial charge in [0.25, 0.3) is 0 Å². The Morgan fingerprint density at radius 1 is 0.417 bits per heavy atom. The van der Waals surface area contributed by atoms with Gasteiger partial charge in [0.2, 0.25) is 0 Å². The molecule has 4 rings (SSSR count). The fourth-order valence-electron chi connectivity index (χ4n) is 4.77. The maximum Gasteiger partial charge on any atom is -0.0162 e. The van der Waals surface area contributed by atoms with E-state index in [0.29, 0.717) is 0 Å². The summed E-state index contributed by atoms with van der Waals surface area (Å²) in [5, 5.41) is 0. The molecule has 2 aliphatic rings. The highest BCUT2D eigenvalue weighted by atomic mass is 14.2. The highest BCUT2D eigenvalue weighted by molar-refractivity contribution is 5.64. The predicted molar refractivity (Wildman–Crippen MR) is 104 cm³/mol. The summed E-state index contributed by atoms with van der Waals surface area (Å²) in [6.07, 6.45) is 14.0. The lowest BCUT2D eigenvalue weighted by Crippen LogP contribution is -2.04. The van der Waals surface area contributed by atoms with Gasteiger partial charge in [0.05, 0.1) is 0 Å². The Morgan fingerprint density at radius 3 is 1.08 bits per heavy atom. The molecule has 0 N–H and O–H groups in total. The summed E-state index contributed by atoms with van der Waals surface area (Å²) in [7, 11) is 0. The molecule has 0 atom stereocenters. The first-order valence-electron chi connectivity index (χ1n) is 10.1. The van der Waals surface area contributed by atoms with Gasteiger partial charge in [0.15, 0.2) is 0 Å². The second kappa shape index (κ2) is 7.55. The average molecular weight is 319 g/mol. The van der Waals surface area contributed by atoms with Crippen molar-refractivity contribution in [1.82, 2.24) is 0 Å². The Bertz CT molecular complexity index is 563. The van der Waals surface area contributed by atoms with Crippen molar-refractivity contribution in [3.05, 3.63) is 59.7 Å². The van der Waals surface area contributed by atoms with Crippen LogP contribution in [0.2, 0.25) is 0 Å². The van der Waals surface area contributed by atoms with Crippen LogP contribution in [0, 0.1) is 0 Å². The molecule has 0 amide bonds. The summed E-state index contributed by atoms with van der Waals surface area (Å²) in [5.74, 6) is 1.61. The standard InChI is InChI=1S/C24H30/c1-3-7-19(8-4-1)21-11-15-23(16-12-21)24-17-13-22(14-18-24)20-9-5-2-6-10-20/h11-20H,1-10H2. The molecule has 0 unspecified atom stereocenters. The van der Waals surface area contributed by atoms with Crippen molar-refractivity contribution in [3.63, 3.8) is 0 Å². The Balaban J connectivity index is 1.47. The second-order valence-electron chi connectivity index (χ2n) is 7.91. The van der Waals surface area contributed by atoms with Crippen molar-refractivity contribution in [3.8, 4) is 11.1 Å². The van der Waals surface area contributed by atoms with Crippen molar-refractivity contribution in [1.29, 1.82) is 0 Å². The summed E-state index contributed by atoms with van der Waals surface area (Å²) < 4.78 is 0. The zero-order valence-corrected chi connectivity index (χ0v) is 14.8. The summed E-state index contributed by atoms with van der Waals surface area (Å²) in [6, 6.07) is 18.8. The molecule has 0 aliphatic heterocycles. The van der Waals surface area contributed by atoms with Crippen LogP contribution in [0.15, 0.2) is 48.5 Å². The third kappa shape index (κ3) is 3.58. The van der Waals surface area contributed by atoms with E-state index in [1.807, 2.05) is 0 Å². The van der Waals surface area contributed by atoms with Gasteiger partial charge in [-0.2, -0.15) is 0 Å². The molecule has 0 nitrogen and oxygen atoms in total. The SMILES string of the molecule is c1cc(C2CCCCC2)ccc1-c1ccc(C2CCCCC2)cc1. The lowest BCUT2D eigenvalue weighted by Gasteiger charge is -2.22. The van der Waals surface area contributed by atoms with Crippen molar-refractivity contribution in [2.45, 2.75) is 76.0 Å². The van der Waals surface area contributed by atoms with Crippen LogP contribution >= 0.6 is 0 Å². The molecule has 24 heavy (non-hydrogen) atoms. The quantitative estimate of drug-likeness (QED) is 0.551. The molecule has 2 aliphatic carbocycles. The van der Waals surface area contributed by atoms with Gasteiger partial charge in [0.1, 0.15) is 0 Å². The Morgan fingerprint density at radius 2 is 0.750 bits per heavy atom. The number of hydrogen-bond donors (Lipinski definition) is 0. The van der Waals surface area contributed by atoms with Gasteiger partial charge in [0, 0.05) is 0 Å². The fraction of sp³-hybridized carbons (Fsp3) is 0.500. The summed E-state index contributed by atoms with van der Waals surface area (Å²) >= 11 is 0. The molecule has 0 radical (unpaired) electrons. The Hall–Kier alpha value is -1.56. The van der Waals surface area contributed by atoms with Crippen LogP contribution in [-0.2, 0) is 0 Å². The fourth-order valence-corrected chi connectivity index (χ4v) is 4.77. The van der Waals surface area contributed by atoms with Gasteiger partial charge in [-0.05, 0) is 59.8 Å². The topological polar surface area (TPSA) is 0 Å². The third-order valence-electron chi connectivity index (χ3n) is 6.31. The molecule has 0 heterocycles. The third-order valence-corrected chi connectivity index (χ3v) is 6.31. The maximum atomic E-state index is 2.38. The molecule has 0 spiro atoms. The highest BCUT2D eigenvalue weighted by Crippen LogP contribution is 2.35. The summed E-state index contributed by atoms with van der Waals surface area (Å²) in [6.45, 7) is 0. The smallest absolute Gasteiger partial charge is 0.0162 e. The van der Waals surface area contributed by atoms with Gasteiger partial charge in [-0.1, -0.05) is 87.1 Å². The lowest BCUT2D eigenvalue weighted by molar-refractivity contribution is 0.443. The van der Waals surface area contributed by atoms with Gasteiger partial charge in [-0.3, -0.25) is 0 Å². The van der Waals surface area contributed by atoms with E-state index < -0.39 is 0 Å². The average Bonchev–Trinajstić information content (AvgIpc) is 2.70. The Labute approximate surface area is 147 Å². The highest BCUT2D eigenvalue weighted by Gasteiger charge is 2.16. The molecule has 0 saturated heterocycles. The number of rotatable bonds is 3. The minimum absolute atomic E-state index is 0.807. The molecule has 126 valence electrons. The first kappa shape index (κ1) is 15.9. The normalized spacial score (nSPS) is 20.2. The minimum atomic E-state index is 0.807. The summed E-state index contributed by atoms with van der Waals surface area (Å²) in [4.78, 5) is 0. The first-order chi connectivity index (χ1) is 11.9. The zero-order chi connectivity index (χ0) is 16.2. The predicted octanol–water partition coefficient (Wildman–Crippen LogP) is 7.45. The van der Waals surface area contributed by atoms with Gasteiger partial charge < -0.3 is 0 Å². The van der Waals surface area contributed by atoms with E-state index in [2.05, 4.69) is 48.5 Å². The monoisotopic (exact) mass is 318 g/mol. The van der Waals surface area contributed by atoms with Crippen molar-refractivity contribution >= 4 is 0 Å². The minimum Gasteiger partial charge on any atom is -0.0581 e. The maximum absolute atomic E-state index is 2.38. The summed E-state index contributed by atoms with van der Waals surface area (Å²) in [5.41, 5.74) is 5.84. The van der Waals surface area contributed by atoms with Crippen LogP contribution in [0.1, 0.15) is 87.2 Å². The van der Waals surface area contributed by atoms with E-state index in [1.165, 1.54) is 75.3 Å². The molecule has 2 aromatic rings. The zero-order valence-electron chi connectivity index (χ0n) is 14.8. The number of benzene rings is 2. The van der Waals surface area contributed by atoms with Crippen molar-refractivity contribution in [2.75, 3.05) is 0 Å². The molecule has 0 heteroatoms. The molecule has 2 aromatic carbocycles. The lowest BCUT2D eigenvalue weighted by atomic mass is 9.83. The first-order valence-corrected chi connectivity index (χ1v) is 10.1. The van der Waals surface area contributed by atoms with E-state index in [9.17, 15) is 0 Å². The van der Waals surface area contributed by atoms with E-state index in [4.69, 9.17) is 0 Å². The van der Waals surface area contributed by atoms with Crippen LogP contribution in [0.4, 0.5) is 0 Å². The molecule has 2 saturated carbocycles. The molecule has 2 fully saturated rings. The second-order valence-corrected chi connectivity index (χ2v) is 7.91. The van der Waals surface area contributed by atoms with Crippen molar-refractivity contribution < 1.29 is 0 Å².